The maximum Gasteiger partial charge on any atom is 0.188 e. The van der Waals surface area contributed by atoms with Gasteiger partial charge in [-0.1, -0.05) is 6.07 Å². The van der Waals surface area contributed by atoms with Gasteiger partial charge in [-0.15, -0.1) is 24.0 Å². The predicted octanol–water partition coefficient (Wildman–Crippen LogP) is 2.62. The lowest BCUT2D eigenvalue weighted by Gasteiger charge is -2.06. The zero-order valence-electron chi connectivity index (χ0n) is 11.8. The second kappa shape index (κ2) is 9.29. The number of nitrogens with one attached hydrogen (secondary N) is 1. The molecule has 0 atom stereocenters. The minimum Gasteiger partial charge on any atom is -0.370 e. The molecule has 2 aromatic rings. The zero-order chi connectivity index (χ0) is 15.1. The van der Waals surface area contributed by atoms with E-state index in [4.69, 9.17) is 5.73 Å². The van der Waals surface area contributed by atoms with Gasteiger partial charge in [0.2, 0.25) is 0 Å². The topological polar surface area (TPSA) is 63.3 Å². The number of benzene rings is 1. The highest BCUT2D eigenvalue weighted by atomic mass is 127. The summed E-state index contributed by atoms with van der Waals surface area (Å²) in [5.74, 6) is -0.806. The van der Waals surface area contributed by atoms with Gasteiger partial charge in [0.1, 0.15) is 11.6 Å². The highest BCUT2D eigenvalue weighted by molar-refractivity contribution is 14.0. The van der Waals surface area contributed by atoms with E-state index >= 15 is 0 Å². The number of halogens is 3. The van der Waals surface area contributed by atoms with E-state index in [1.54, 1.807) is 6.20 Å². The van der Waals surface area contributed by atoms with Gasteiger partial charge in [-0.25, -0.2) is 13.8 Å². The Bertz CT molecular complexity index is 620. The van der Waals surface area contributed by atoms with Crippen LogP contribution in [-0.4, -0.2) is 17.5 Å². The van der Waals surface area contributed by atoms with E-state index in [-0.39, 0.29) is 42.0 Å². The second-order valence-corrected chi connectivity index (χ2v) is 4.44. The molecular weight excluding hydrogens is 401 g/mol. The van der Waals surface area contributed by atoms with Gasteiger partial charge < -0.3 is 11.1 Å². The first kappa shape index (κ1) is 18.3. The summed E-state index contributed by atoms with van der Waals surface area (Å²) in [5, 5.41) is 2.91. The van der Waals surface area contributed by atoms with Gasteiger partial charge in [-0.2, -0.15) is 0 Å². The average molecular weight is 418 g/mol. The molecule has 1 aromatic heterocycles. The van der Waals surface area contributed by atoms with E-state index < -0.39 is 11.6 Å². The third-order valence-corrected chi connectivity index (χ3v) is 2.84. The molecule has 1 aromatic carbocycles. The maximum absolute atomic E-state index is 13.4. The van der Waals surface area contributed by atoms with Gasteiger partial charge in [0.15, 0.2) is 5.96 Å². The predicted molar refractivity (Wildman–Crippen MR) is 93.0 cm³/mol. The molecule has 3 N–H and O–H groups in total. The van der Waals surface area contributed by atoms with Crippen molar-refractivity contribution in [1.29, 1.82) is 0 Å². The van der Waals surface area contributed by atoms with Crippen molar-refractivity contribution in [2.75, 3.05) is 6.54 Å². The lowest BCUT2D eigenvalue weighted by Crippen LogP contribution is -2.33. The Balaban J connectivity index is 0.00000242. The number of pyridine rings is 1. The molecule has 0 bridgehead atoms. The van der Waals surface area contributed by atoms with Gasteiger partial charge in [0, 0.05) is 30.4 Å². The van der Waals surface area contributed by atoms with Crippen LogP contribution in [0.5, 0.6) is 0 Å². The summed E-state index contributed by atoms with van der Waals surface area (Å²) < 4.78 is 26.4. The van der Waals surface area contributed by atoms with Gasteiger partial charge in [-0.05, 0) is 30.3 Å². The molecule has 0 aliphatic rings. The molecule has 4 nitrogen and oxygen atoms in total. The van der Waals surface area contributed by atoms with E-state index in [1.807, 2.05) is 18.2 Å². The van der Waals surface area contributed by atoms with E-state index in [0.717, 1.165) is 23.9 Å². The summed E-state index contributed by atoms with van der Waals surface area (Å²) in [5.41, 5.74) is 6.79. The Hall–Kier alpha value is -1.77. The summed E-state index contributed by atoms with van der Waals surface area (Å²) in [7, 11) is 0. The number of rotatable bonds is 5. The normalized spacial score (nSPS) is 10.9. The summed E-state index contributed by atoms with van der Waals surface area (Å²) in [6, 6.07) is 8.92. The molecule has 0 saturated heterocycles. The van der Waals surface area contributed by atoms with E-state index in [2.05, 4.69) is 15.3 Å². The third-order valence-electron chi connectivity index (χ3n) is 2.84. The number of nitrogens with two attached hydrogens (primary N) is 1. The molecule has 0 saturated carbocycles. The maximum atomic E-state index is 13.4. The summed E-state index contributed by atoms with van der Waals surface area (Å²) in [6.07, 6.45) is 2.42. The monoisotopic (exact) mass is 418 g/mol. The minimum atomic E-state index is -0.499. The van der Waals surface area contributed by atoms with Gasteiger partial charge in [0.05, 0.1) is 6.54 Å². The Morgan fingerprint density at radius 2 is 2.05 bits per heavy atom. The van der Waals surface area contributed by atoms with Crippen LogP contribution in [0.15, 0.2) is 47.6 Å². The van der Waals surface area contributed by atoms with E-state index in [0.29, 0.717) is 13.0 Å². The van der Waals surface area contributed by atoms with Crippen molar-refractivity contribution in [2.45, 2.75) is 13.0 Å². The summed E-state index contributed by atoms with van der Waals surface area (Å²) in [6.45, 7) is 0.560. The minimum absolute atomic E-state index is 0. The molecule has 0 amide bonds. The van der Waals surface area contributed by atoms with Gasteiger partial charge >= 0.3 is 0 Å². The lowest BCUT2D eigenvalue weighted by molar-refractivity contribution is 0.585. The largest absolute Gasteiger partial charge is 0.370 e. The first-order valence-corrected chi connectivity index (χ1v) is 6.53. The molecule has 118 valence electrons. The highest BCUT2D eigenvalue weighted by Crippen LogP contribution is 2.10. The number of nitrogens with zero attached hydrogens (tertiary/aromatic N) is 2. The fourth-order valence-corrected chi connectivity index (χ4v) is 1.76. The smallest absolute Gasteiger partial charge is 0.188 e. The molecular formula is C15H17F2IN4. The van der Waals surface area contributed by atoms with E-state index in [9.17, 15) is 8.78 Å². The highest BCUT2D eigenvalue weighted by Gasteiger charge is 2.03. The van der Waals surface area contributed by atoms with Crippen LogP contribution in [0.25, 0.3) is 0 Å². The number of aromatic nitrogens is 1. The third kappa shape index (κ3) is 5.92. The number of guanidine groups is 1. The summed E-state index contributed by atoms with van der Waals surface area (Å²) >= 11 is 0. The van der Waals surface area contributed by atoms with Crippen molar-refractivity contribution in [1.82, 2.24) is 10.3 Å². The molecule has 0 radical (unpaired) electrons. The quantitative estimate of drug-likeness (QED) is 0.446. The first-order chi connectivity index (χ1) is 10.1. The van der Waals surface area contributed by atoms with Crippen LogP contribution >= 0.6 is 24.0 Å². The van der Waals surface area contributed by atoms with Crippen molar-refractivity contribution < 1.29 is 8.78 Å². The first-order valence-electron chi connectivity index (χ1n) is 6.53. The molecule has 2 rings (SSSR count). The molecule has 0 fully saturated rings. The van der Waals surface area contributed by atoms with Crippen LogP contribution < -0.4 is 11.1 Å². The molecule has 0 aliphatic heterocycles. The van der Waals surface area contributed by atoms with Crippen LogP contribution in [0.4, 0.5) is 8.78 Å². The molecule has 0 unspecified atom stereocenters. The number of hydrogen-bond acceptors (Lipinski definition) is 2. The average Bonchev–Trinajstić information content (AvgIpc) is 2.49. The molecule has 1 heterocycles. The Morgan fingerprint density at radius 1 is 1.23 bits per heavy atom. The molecule has 0 aliphatic carbocycles. The van der Waals surface area contributed by atoms with Crippen LogP contribution in [0.2, 0.25) is 0 Å². The van der Waals surface area contributed by atoms with Crippen LogP contribution in [-0.2, 0) is 13.0 Å². The second-order valence-electron chi connectivity index (χ2n) is 4.44. The fourth-order valence-electron chi connectivity index (χ4n) is 1.76. The van der Waals surface area contributed by atoms with Crippen molar-refractivity contribution in [3.63, 3.8) is 0 Å². The number of aliphatic imine (C=N–C) groups is 1. The SMILES string of the molecule is I.NC(=NCc1cc(F)ccc1F)NCCc1ccccn1. The Morgan fingerprint density at radius 3 is 2.77 bits per heavy atom. The van der Waals surface area contributed by atoms with Crippen molar-refractivity contribution in [3.05, 3.63) is 65.5 Å². The zero-order valence-corrected chi connectivity index (χ0v) is 14.1. The van der Waals surface area contributed by atoms with Gasteiger partial charge in [-0.3, -0.25) is 4.98 Å². The molecule has 22 heavy (non-hydrogen) atoms. The van der Waals surface area contributed by atoms with Crippen molar-refractivity contribution >= 4 is 29.9 Å². The Kier molecular flexibility index (Phi) is 7.72. The lowest BCUT2D eigenvalue weighted by atomic mass is 10.2. The fraction of sp³-hybridized carbons (Fsp3) is 0.200. The van der Waals surface area contributed by atoms with Crippen LogP contribution in [0.1, 0.15) is 11.3 Å². The van der Waals surface area contributed by atoms with Gasteiger partial charge in [0.25, 0.3) is 0 Å². The Labute approximate surface area is 144 Å². The van der Waals surface area contributed by atoms with Crippen LogP contribution in [0, 0.1) is 11.6 Å². The van der Waals surface area contributed by atoms with E-state index in [1.165, 1.54) is 0 Å². The standard InChI is InChI=1S/C15H16F2N4.HI/c16-12-4-5-14(17)11(9-12)10-21-15(18)20-8-6-13-3-1-2-7-19-13;/h1-5,7,9H,6,8,10H2,(H3,18,20,21);1H. The summed E-state index contributed by atoms with van der Waals surface area (Å²) in [4.78, 5) is 8.16. The van der Waals surface area contributed by atoms with Crippen molar-refractivity contribution in [3.8, 4) is 0 Å². The molecule has 0 spiro atoms. The number of hydrogen-bond donors (Lipinski definition) is 2. The van der Waals surface area contributed by atoms with Crippen molar-refractivity contribution in [2.24, 2.45) is 10.7 Å². The van der Waals surface area contributed by atoms with Crippen LogP contribution in [0.3, 0.4) is 0 Å². The molecule has 7 heteroatoms.